The number of halogens is 3. The molecule has 0 N–H and O–H groups in total. The Morgan fingerprint density at radius 2 is 2.07 bits per heavy atom. The van der Waals surface area contributed by atoms with Gasteiger partial charge in [0.15, 0.2) is 0 Å². The van der Waals surface area contributed by atoms with Crippen LogP contribution in [0.1, 0.15) is 11.1 Å². The summed E-state index contributed by atoms with van der Waals surface area (Å²) >= 11 is 0.812. The van der Waals surface area contributed by atoms with Crippen LogP contribution in [-0.2, 0) is 17.3 Å². The molecule has 1 aromatic carbocycles. The Kier molecular flexibility index (Phi) is 3.27. The SMILES string of the molecule is C=S=Nc1ccc(C#N)c(C(F)(F)F)c1. The number of hydrogen-bond acceptors (Lipinski definition) is 2. The molecule has 0 bridgehead atoms. The molecule has 15 heavy (non-hydrogen) atoms. The van der Waals surface area contributed by atoms with Gasteiger partial charge in [0.1, 0.15) is 0 Å². The fourth-order valence-corrected chi connectivity index (χ4v) is 1.26. The molecule has 0 unspecified atom stereocenters. The van der Waals surface area contributed by atoms with E-state index >= 15 is 0 Å². The van der Waals surface area contributed by atoms with Crippen molar-refractivity contribution in [2.24, 2.45) is 4.36 Å². The van der Waals surface area contributed by atoms with E-state index in [-0.39, 0.29) is 5.69 Å². The van der Waals surface area contributed by atoms with E-state index < -0.39 is 17.3 Å². The maximum Gasteiger partial charge on any atom is 0.417 e. The Balaban J connectivity index is 3.40. The summed E-state index contributed by atoms with van der Waals surface area (Å²) in [6.07, 6.45) is -4.54. The molecule has 0 saturated heterocycles. The van der Waals surface area contributed by atoms with Crippen LogP contribution in [0.3, 0.4) is 0 Å². The van der Waals surface area contributed by atoms with Gasteiger partial charge >= 0.3 is 6.18 Å². The van der Waals surface area contributed by atoms with Gasteiger partial charge in [0.05, 0.1) is 22.9 Å². The van der Waals surface area contributed by atoms with Crippen LogP contribution in [0.15, 0.2) is 22.6 Å². The third-order valence-corrected chi connectivity index (χ3v) is 1.94. The van der Waals surface area contributed by atoms with Crippen LogP contribution in [0.4, 0.5) is 18.9 Å². The van der Waals surface area contributed by atoms with Crippen molar-refractivity contribution in [3.8, 4) is 6.07 Å². The summed E-state index contributed by atoms with van der Waals surface area (Å²) < 4.78 is 41.0. The molecule has 1 rings (SSSR count). The average molecular weight is 230 g/mol. The second kappa shape index (κ2) is 4.28. The second-order valence-electron chi connectivity index (χ2n) is 2.56. The van der Waals surface area contributed by atoms with Gasteiger partial charge in [-0.15, -0.1) is 0 Å². The maximum absolute atomic E-state index is 12.4. The lowest BCUT2D eigenvalue weighted by Gasteiger charge is -2.08. The Labute approximate surface area is 87.7 Å². The van der Waals surface area contributed by atoms with Crippen molar-refractivity contribution < 1.29 is 13.2 Å². The van der Waals surface area contributed by atoms with Gasteiger partial charge < -0.3 is 0 Å². The van der Waals surface area contributed by atoms with E-state index in [1.54, 1.807) is 0 Å². The first-order valence-corrected chi connectivity index (χ1v) is 4.67. The summed E-state index contributed by atoms with van der Waals surface area (Å²) in [5, 5.41) is 8.50. The van der Waals surface area contributed by atoms with Crippen molar-refractivity contribution in [3.05, 3.63) is 29.3 Å². The van der Waals surface area contributed by atoms with Crippen LogP contribution in [0, 0.1) is 11.3 Å². The third-order valence-electron chi connectivity index (χ3n) is 1.60. The van der Waals surface area contributed by atoms with Crippen LogP contribution in [0.2, 0.25) is 0 Å². The Bertz CT molecular complexity index is 467. The maximum atomic E-state index is 12.4. The van der Waals surface area contributed by atoms with E-state index in [0.29, 0.717) is 0 Å². The fraction of sp³-hybridized carbons (Fsp3) is 0.111. The highest BCUT2D eigenvalue weighted by Crippen LogP contribution is 2.34. The van der Waals surface area contributed by atoms with Crippen molar-refractivity contribution in [1.29, 1.82) is 5.26 Å². The zero-order chi connectivity index (χ0) is 11.5. The first-order valence-electron chi connectivity index (χ1n) is 3.72. The van der Waals surface area contributed by atoms with Crippen molar-refractivity contribution in [2.45, 2.75) is 6.18 Å². The van der Waals surface area contributed by atoms with Gasteiger partial charge in [0.25, 0.3) is 0 Å². The van der Waals surface area contributed by atoms with Gasteiger partial charge in [0, 0.05) is 0 Å². The van der Waals surface area contributed by atoms with Gasteiger partial charge in [-0.2, -0.15) is 22.8 Å². The lowest BCUT2D eigenvalue weighted by atomic mass is 10.1. The number of hydrogen-bond donors (Lipinski definition) is 0. The molecule has 78 valence electrons. The van der Waals surface area contributed by atoms with Crippen LogP contribution in [0.25, 0.3) is 0 Å². The molecule has 0 saturated carbocycles. The Morgan fingerprint density at radius 1 is 1.40 bits per heavy atom. The molecule has 0 spiro atoms. The standard InChI is InChI=1S/C9H5F3N2S/c1-15-14-7-3-2-6(5-13)8(4-7)9(10,11)12/h2-4H,1H2. The topological polar surface area (TPSA) is 36.1 Å². The number of nitrogens with zero attached hydrogens (tertiary/aromatic N) is 2. The largest absolute Gasteiger partial charge is 0.417 e. The highest BCUT2D eigenvalue weighted by Gasteiger charge is 2.33. The first kappa shape index (κ1) is 11.5. The van der Waals surface area contributed by atoms with Gasteiger partial charge in [0.2, 0.25) is 0 Å². The molecule has 0 radical (unpaired) electrons. The number of benzene rings is 1. The van der Waals surface area contributed by atoms with Crippen LogP contribution in [-0.4, -0.2) is 5.87 Å². The van der Waals surface area contributed by atoms with Crippen LogP contribution in [0.5, 0.6) is 0 Å². The molecular formula is C9H5F3N2S. The molecule has 0 aliphatic heterocycles. The average Bonchev–Trinajstić information content (AvgIpc) is 2.17. The first-order chi connectivity index (χ1) is 6.99. The molecule has 2 nitrogen and oxygen atoms in total. The van der Waals surface area contributed by atoms with E-state index in [9.17, 15) is 13.2 Å². The van der Waals surface area contributed by atoms with Gasteiger partial charge in [-0.05, 0) is 24.1 Å². The fourth-order valence-electron chi connectivity index (χ4n) is 0.996. The van der Waals surface area contributed by atoms with E-state index in [1.807, 2.05) is 0 Å². The summed E-state index contributed by atoms with van der Waals surface area (Å²) in [7, 11) is 0. The summed E-state index contributed by atoms with van der Waals surface area (Å²) in [5.74, 6) is 3.32. The molecule has 0 amide bonds. The molecule has 0 aliphatic rings. The van der Waals surface area contributed by atoms with Gasteiger partial charge in [-0.1, -0.05) is 11.1 Å². The van der Waals surface area contributed by atoms with E-state index in [1.165, 1.54) is 12.1 Å². The van der Waals surface area contributed by atoms with Crippen molar-refractivity contribution in [2.75, 3.05) is 0 Å². The van der Waals surface area contributed by atoms with Gasteiger partial charge in [-0.3, -0.25) is 0 Å². The molecule has 0 aromatic heterocycles. The molecule has 0 fully saturated rings. The molecule has 6 heteroatoms. The normalized spacial score (nSPS) is 10.5. The molecule has 0 atom stereocenters. The molecule has 1 aromatic rings. The number of nitriles is 1. The summed E-state index contributed by atoms with van der Waals surface area (Å²) in [4.78, 5) is 0. The zero-order valence-corrected chi connectivity index (χ0v) is 8.19. The van der Waals surface area contributed by atoms with E-state index in [2.05, 4.69) is 10.2 Å². The lowest BCUT2D eigenvalue weighted by Crippen LogP contribution is -2.07. The van der Waals surface area contributed by atoms with Crippen LogP contribution >= 0.6 is 0 Å². The van der Waals surface area contributed by atoms with E-state index in [4.69, 9.17) is 5.26 Å². The molecular weight excluding hydrogens is 225 g/mol. The lowest BCUT2D eigenvalue weighted by molar-refractivity contribution is -0.137. The Morgan fingerprint density at radius 3 is 2.53 bits per heavy atom. The summed E-state index contributed by atoms with van der Waals surface area (Å²) in [6, 6.07) is 4.75. The highest BCUT2D eigenvalue weighted by molar-refractivity contribution is 7.66. The zero-order valence-electron chi connectivity index (χ0n) is 7.38. The molecule has 0 aliphatic carbocycles. The van der Waals surface area contributed by atoms with Crippen molar-refractivity contribution in [1.82, 2.24) is 0 Å². The number of rotatable bonds is 1. The minimum absolute atomic E-state index is 0.140. The smallest absolute Gasteiger partial charge is 0.194 e. The Hall–Kier alpha value is -1.61. The van der Waals surface area contributed by atoms with Gasteiger partial charge in [-0.25, -0.2) is 0 Å². The quantitative estimate of drug-likeness (QED) is 0.683. The van der Waals surface area contributed by atoms with Crippen molar-refractivity contribution in [3.63, 3.8) is 0 Å². The third kappa shape index (κ3) is 2.67. The summed E-state index contributed by atoms with van der Waals surface area (Å²) in [6.45, 7) is 0. The minimum atomic E-state index is -4.54. The summed E-state index contributed by atoms with van der Waals surface area (Å²) in [5.41, 5.74) is -1.24. The minimum Gasteiger partial charge on any atom is -0.194 e. The second-order valence-corrected chi connectivity index (χ2v) is 3.00. The highest BCUT2D eigenvalue weighted by atomic mass is 32.1. The monoisotopic (exact) mass is 230 g/mol. The predicted molar refractivity (Wildman–Crippen MR) is 52.7 cm³/mol. The van der Waals surface area contributed by atoms with Crippen LogP contribution < -0.4 is 0 Å². The van der Waals surface area contributed by atoms with E-state index in [0.717, 1.165) is 23.3 Å². The van der Waals surface area contributed by atoms with Crippen molar-refractivity contribution >= 4 is 22.7 Å². The predicted octanol–water partition coefficient (Wildman–Crippen LogP) is 2.91. The molecule has 0 heterocycles. The number of alkyl halides is 3.